The highest BCUT2D eigenvalue weighted by Crippen LogP contribution is 2.35. The highest BCUT2D eigenvalue weighted by Gasteiger charge is 2.34. The Bertz CT molecular complexity index is 1000. The Hall–Kier alpha value is -2.53. The third kappa shape index (κ3) is 6.73. The van der Waals surface area contributed by atoms with Gasteiger partial charge < -0.3 is 15.2 Å². The van der Waals surface area contributed by atoms with Gasteiger partial charge in [0.25, 0.3) is 0 Å². The van der Waals surface area contributed by atoms with Crippen LogP contribution in [0.2, 0.25) is 0 Å². The Morgan fingerprint density at radius 2 is 1.78 bits per heavy atom. The number of ketones is 1. The van der Waals surface area contributed by atoms with E-state index in [0.717, 1.165) is 28.8 Å². The average molecular weight is 490 g/mol. The molecule has 2 aromatic rings. The molecule has 0 saturated carbocycles. The number of carbonyl (C=O) groups excluding carboxylic acids is 2. The molecular weight excluding hydrogens is 467 g/mol. The van der Waals surface area contributed by atoms with E-state index in [2.05, 4.69) is 10.1 Å². The zero-order chi connectivity index (χ0) is 24.3. The molecule has 174 valence electrons. The monoisotopic (exact) mass is 489 g/mol. The first-order chi connectivity index (χ1) is 14.7. The number of carboxylic acid groups (broad SMARTS) is 1. The standard InChI is InChI=1S/C21H22F3NO5S2/c1-5-14-10-15(16(26)12-6-8-13(9-7-12)30-21(22,23)24)17(31-14)25-19(29)20(3,4)32-11(2)18(27)28/h6-11H,5H2,1-4H3,(H,25,29)(H,27,28). The van der Waals surface area contributed by atoms with Crippen LogP contribution in [0.4, 0.5) is 18.2 Å². The van der Waals surface area contributed by atoms with Crippen molar-refractivity contribution in [1.82, 2.24) is 0 Å². The molecule has 11 heteroatoms. The number of carboxylic acids is 1. The van der Waals surface area contributed by atoms with Crippen molar-refractivity contribution >= 4 is 45.8 Å². The molecule has 0 spiro atoms. The van der Waals surface area contributed by atoms with E-state index in [1.54, 1.807) is 19.9 Å². The van der Waals surface area contributed by atoms with Crippen molar-refractivity contribution < 1.29 is 37.4 Å². The van der Waals surface area contributed by atoms with E-state index in [4.69, 9.17) is 5.11 Å². The van der Waals surface area contributed by atoms with Crippen molar-refractivity contribution in [2.24, 2.45) is 0 Å². The van der Waals surface area contributed by atoms with E-state index in [1.807, 2.05) is 6.92 Å². The van der Waals surface area contributed by atoms with Gasteiger partial charge >= 0.3 is 12.3 Å². The number of nitrogens with one attached hydrogen (secondary N) is 1. The maximum absolute atomic E-state index is 13.0. The number of halogens is 3. The Kier molecular flexibility index (Phi) is 8.00. The number of aliphatic carboxylic acids is 1. The van der Waals surface area contributed by atoms with E-state index in [0.29, 0.717) is 11.4 Å². The molecule has 1 aromatic heterocycles. The van der Waals surface area contributed by atoms with Crippen LogP contribution in [-0.2, 0) is 16.0 Å². The summed E-state index contributed by atoms with van der Waals surface area (Å²) in [6, 6.07) is 6.14. The fourth-order valence-electron chi connectivity index (χ4n) is 2.64. The molecule has 0 bridgehead atoms. The average Bonchev–Trinajstić information content (AvgIpc) is 3.09. The van der Waals surface area contributed by atoms with Crippen LogP contribution < -0.4 is 10.1 Å². The first kappa shape index (κ1) is 25.7. The van der Waals surface area contributed by atoms with Crippen molar-refractivity contribution in [2.75, 3.05) is 5.32 Å². The van der Waals surface area contributed by atoms with Crippen LogP contribution in [0.25, 0.3) is 0 Å². The van der Waals surface area contributed by atoms with Gasteiger partial charge in [-0.3, -0.25) is 14.4 Å². The first-order valence-corrected chi connectivity index (χ1v) is 11.2. The lowest BCUT2D eigenvalue weighted by molar-refractivity contribution is -0.274. The molecule has 2 N–H and O–H groups in total. The lowest BCUT2D eigenvalue weighted by Crippen LogP contribution is -2.37. The summed E-state index contributed by atoms with van der Waals surface area (Å²) in [4.78, 5) is 37.8. The number of hydrogen-bond donors (Lipinski definition) is 2. The predicted molar refractivity (Wildman–Crippen MR) is 118 cm³/mol. The number of thioether (sulfide) groups is 1. The van der Waals surface area contributed by atoms with E-state index >= 15 is 0 Å². The second-order valence-corrected chi connectivity index (χ2v) is 10.4. The zero-order valence-electron chi connectivity index (χ0n) is 17.7. The zero-order valence-corrected chi connectivity index (χ0v) is 19.3. The minimum absolute atomic E-state index is 0.128. The SMILES string of the molecule is CCc1cc(C(=O)c2ccc(OC(F)(F)F)cc2)c(NC(=O)C(C)(C)SC(C)C(=O)O)s1. The molecule has 0 aliphatic carbocycles. The summed E-state index contributed by atoms with van der Waals surface area (Å²) in [5.74, 6) is -2.44. The van der Waals surface area contributed by atoms with Gasteiger partial charge in [0.1, 0.15) is 16.0 Å². The molecule has 1 unspecified atom stereocenters. The molecule has 0 aliphatic rings. The molecule has 0 radical (unpaired) electrons. The van der Waals surface area contributed by atoms with E-state index in [1.165, 1.54) is 30.4 Å². The molecule has 1 aromatic carbocycles. The number of alkyl halides is 3. The van der Waals surface area contributed by atoms with Gasteiger partial charge in [0.05, 0.1) is 10.3 Å². The number of amides is 1. The smallest absolute Gasteiger partial charge is 0.480 e. The number of aryl methyl sites for hydroxylation is 1. The quantitative estimate of drug-likeness (QED) is 0.461. The summed E-state index contributed by atoms with van der Waals surface area (Å²) in [7, 11) is 0. The van der Waals surface area contributed by atoms with Gasteiger partial charge in [0, 0.05) is 10.4 Å². The van der Waals surface area contributed by atoms with E-state index in [9.17, 15) is 27.6 Å². The molecule has 6 nitrogen and oxygen atoms in total. The predicted octanol–water partition coefficient (Wildman–Crippen LogP) is 5.36. The molecular formula is C21H22F3NO5S2. The Morgan fingerprint density at radius 1 is 1.19 bits per heavy atom. The van der Waals surface area contributed by atoms with Crippen molar-refractivity contribution in [2.45, 2.75) is 50.5 Å². The normalized spacial score (nSPS) is 12.8. The number of carbonyl (C=O) groups is 3. The summed E-state index contributed by atoms with van der Waals surface area (Å²) in [6.45, 7) is 6.52. The summed E-state index contributed by atoms with van der Waals surface area (Å²) in [5, 5.41) is 11.3. The van der Waals surface area contributed by atoms with Gasteiger partial charge in [-0.05, 0) is 57.5 Å². The number of thiophene rings is 1. The number of ether oxygens (including phenoxy) is 1. The second-order valence-electron chi connectivity index (χ2n) is 7.27. The summed E-state index contributed by atoms with van der Waals surface area (Å²) in [5.41, 5.74) is 0.334. The molecule has 32 heavy (non-hydrogen) atoms. The van der Waals surface area contributed by atoms with Crippen LogP contribution in [0.5, 0.6) is 5.75 Å². The second kappa shape index (κ2) is 9.95. The van der Waals surface area contributed by atoms with Gasteiger partial charge in [-0.2, -0.15) is 0 Å². The number of anilines is 1. The van der Waals surface area contributed by atoms with Gasteiger partial charge in [-0.15, -0.1) is 36.3 Å². The van der Waals surface area contributed by atoms with Crippen molar-refractivity contribution in [3.63, 3.8) is 0 Å². The third-order valence-corrected chi connectivity index (χ3v) is 6.84. The van der Waals surface area contributed by atoms with E-state index < -0.39 is 39.8 Å². The molecule has 0 fully saturated rings. The molecule has 1 amide bonds. The van der Waals surface area contributed by atoms with Gasteiger partial charge in [0.2, 0.25) is 5.91 Å². The van der Waals surface area contributed by atoms with Crippen LogP contribution in [0.1, 0.15) is 48.5 Å². The summed E-state index contributed by atoms with van der Waals surface area (Å²) >= 11 is 2.18. The van der Waals surface area contributed by atoms with Crippen molar-refractivity contribution in [1.29, 1.82) is 0 Å². The van der Waals surface area contributed by atoms with E-state index in [-0.39, 0.29) is 11.1 Å². The largest absolute Gasteiger partial charge is 0.573 e. The third-order valence-electron chi connectivity index (χ3n) is 4.32. The summed E-state index contributed by atoms with van der Waals surface area (Å²) < 4.78 is 39.7. The van der Waals surface area contributed by atoms with Crippen molar-refractivity contribution in [3.05, 3.63) is 46.3 Å². The minimum Gasteiger partial charge on any atom is -0.480 e. The number of hydrogen-bond acceptors (Lipinski definition) is 6. The number of benzene rings is 1. The Labute approximate surface area is 191 Å². The number of rotatable bonds is 9. The topological polar surface area (TPSA) is 92.7 Å². The van der Waals surface area contributed by atoms with Gasteiger partial charge in [0.15, 0.2) is 5.78 Å². The Morgan fingerprint density at radius 3 is 2.28 bits per heavy atom. The fraction of sp³-hybridized carbons (Fsp3) is 0.381. The minimum atomic E-state index is -4.84. The highest BCUT2D eigenvalue weighted by molar-refractivity contribution is 8.02. The van der Waals surface area contributed by atoms with Gasteiger partial charge in [-0.25, -0.2) is 0 Å². The fourth-order valence-corrected chi connectivity index (χ4v) is 4.77. The van der Waals surface area contributed by atoms with Crippen molar-refractivity contribution in [3.8, 4) is 5.75 Å². The van der Waals surface area contributed by atoms with Crippen LogP contribution in [0.15, 0.2) is 30.3 Å². The van der Waals surface area contributed by atoms with Crippen LogP contribution >= 0.6 is 23.1 Å². The Balaban J connectivity index is 2.27. The molecule has 1 heterocycles. The summed E-state index contributed by atoms with van der Waals surface area (Å²) in [6.07, 6.45) is -4.23. The van der Waals surface area contributed by atoms with Crippen LogP contribution in [0, 0.1) is 0 Å². The molecule has 2 rings (SSSR count). The maximum Gasteiger partial charge on any atom is 0.573 e. The molecule has 1 atom stereocenters. The molecule has 0 aliphatic heterocycles. The maximum atomic E-state index is 13.0. The van der Waals surface area contributed by atoms with Gasteiger partial charge in [-0.1, -0.05) is 6.92 Å². The van der Waals surface area contributed by atoms with Crippen LogP contribution in [-0.4, -0.2) is 39.1 Å². The first-order valence-electron chi connectivity index (χ1n) is 9.48. The van der Waals surface area contributed by atoms with Crippen LogP contribution in [0.3, 0.4) is 0 Å². The lowest BCUT2D eigenvalue weighted by Gasteiger charge is -2.24. The molecule has 0 saturated heterocycles. The lowest BCUT2D eigenvalue weighted by atomic mass is 10.0. The highest BCUT2D eigenvalue weighted by atomic mass is 32.2.